The fraction of sp³-hybridized carbons (Fsp3) is 0.353. The summed E-state index contributed by atoms with van der Waals surface area (Å²) in [5.74, 6) is 0.148. The van der Waals surface area contributed by atoms with Crippen molar-refractivity contribution < 1.29 is 19.4 Å². The quantitative estimate of drug-likeness (QED) is 0.895. The second kappa shape index (κ2) is 5.36. The summed E-state index contributed by atoms with van der Waals surface area (Å²) in [6.45, 7) is 2.25. The van der Waals surface area contributed by atoms with Crippen molar-refractivity contribution in [3.63, 3.8) is 0 Å². The summed E-state index contributed by atoms with van der Waals surface area (Å²) in [6, 6.07) is 6.01. The zero-order valence-corrected chi connectivity index (χ0v) is 13.2. The number of aryl methyl sites for hydroxylation is 1. The number of aliphatic carboxylic acids is 1. The highest BCUT2D eigenvalue weighted by molar-refractivity contribution is 5.95. The molecule has 4 rings (SSSR count). The minimum atomic E-state index is -0.994. The van der Waals surface area contributed by atoms with Gasteiger partial charge in [-0.2, -0.15) is 5.10 Å². The Morgan fingerprint density at radius 3 is 3.12 bits per heavy atom. The monoisotopic (exact) mass is 327 g/mol. The van der Waals surface area contributed by atoms with E-state index in [-0.39, 0.29) is 18.4 Å². The Morgan fingerprint density at radius 1 is 1.50 bits per heavy atom. The van der Waals surface area contributed by atoms with Crippen LogP contribution in [0.2, 0.25) is 0 Å². The van der Waals surface area contributed by atoms with Crippen LogP contribution < -0.4 is 10.1 Å². The van der Waals surface area contributed by atoms with Crippen molar-refractivity contribution in [3.05, 3.63) is 40.6 Å². The predicted octanol–water partition coefficient (Wildman–Crippen LogP) is 1.69. The van der Waals surface area contributed by atoms with Crippen molar-refractivity contribution in [2.75, 3.05) is 11.9 Å². The van der Waals surface area contributed by atoms with E-state index in [2.05, 4.69) is 16.5 Å². The summed E-state index contributed by atoms with van der Waals surface area (Å²) in [5, 5.41) is 16.1. The highest BCUT2D eigenvalue weighted by Crippen LogP contribution is 2.40. The Balaban J connectivity index is 1.80. The van der Waals surface area contributed by atoms with E-state index in [1.165, 1.54) is 4.68 Å². The van der Waals surface area contributed by atoms with Gasteiger partial charge in [0.15, 0.2) is 0 Å². The van der Waals surface area contributed by atoms with Gasteiger partial charge in [0.25, 0.3) is 0 Å². The minimum Gasteiger partial charge on any atom is -0.493 e. The highest BCUT2D eigenvalue weighted by atomic mass is 16.5. The fourth-order valence-corrected chi connectivity index (χ4v) is 3.57. The lowest BCUT2D eigenvalue weighted by molar-refractivity contribution is -0.137. The highest BCUT2D eigenvalue weighted by Gasteiger charge is 2.33. The van der Waals surface area contributed by atoms with Gasteiger partial charge in [-0.05, 0) is 24.1 Å². The molecule has 1 unspecified atom stereocenters. The molecule has 7 heteroatoms. The Morgan fingerprint density at radius 2 is 2.33 bits per heavy atom. The van der Waals surface area contributed by atoms with E-state index in [9.17, 15) is 9.59 Å². The number of aromatic nitrogens is 2. The summed E-state index contributed by atoms with van der Waals surface area (Å²) in [6.07, 6.45) is 1.19. The molecule has 1 aromatic heterocycles. The molecular weight excluding hydrogens is 310 g/mol. The molecule has 0 saturated carbocycles. The van der Waals surface area contributed by atoms with Gasteiger partial charge in [0.05, 0.1) is 12.3 Å². The van der Waals surface area contributed by atoms with E-state index in [4.69, 9.17) is 9.84 Å². The summed E-state index contributed by atoms with van der Waals surface area (Å²) >= 11 is 0. The molecule has 1 amide bonds. The van der Waals surface area contributed by atoms with Gasteiger partial charge >= 0.3 is 5.97 Å². The number of rotatable bonds is 3. The number of carbonyl (C=O) groups excluding carboxylic acids is 1. The molecule has 2 aromatic rings. The van der Waals surface area contributed by atoms with E-state index < -0.39 is 5.97 Å². The van der Waals surface area contributed by atoms with E-state index in [1.54, 1.807) is 0 Å². The summed E-state index contributed by atoms with van der Waals surface area (Å²) < 4.78 is 6.90. The molecule has 2 N–H and O–H groups in total. The van der Waals surface area contributed by atoms with Crippen LogP contribution >= 0.6 is 0 Å². The number of benzene rings is 1. The molecule has 0 spiro atoms. The second-order valence-electron chi connectivity index (χ2n) is 6.17. The predicted molar refractivity (Wildman–Crippen MR) is 85.3 cm³/mol. The van der Waals surface area contributed by atoms with Crippen LogP contribution in [0, 0.1) is 6.92 Å². The summed E-state index contributed by atoms with van der Waals surface area (Å²) in [7, 11) is 0. The summed E-state index contributed by atoms with van der Waals surface area (Å²) in [4.78, 5) is 23.2. The van der Waals surface area contributed by atoms with Crippen LogP contribution in [-0.2, 0) is 22.6 Å². The topological polar surface area (TPSA) is 93.5 Å². The third-order valence-electron chi connectivity index (χ3n) is 4.57. The number of carbonyl (C=O) groups is 2. The summed E-state index contributed by atoms with van der Waals surface area (Å²) in [5.41, 5.74) is 3.83. The number of nitrogens with one attached hydrogen (secondary N) is 1. The first kappa shape index (κ1) is 14.7. The molecule has 1 atom stereocenters. The third-order valence-corrected chi connectivity index (χ3v) is 4.57. The molecule has 0 fully saturated rings. The maximum absolute atomic E-state index is 12.2. The van der Waals surface area contributed by atoms with E-state index in [0.717, 1.165) is 34.6 Å². The Labute approximate surface area is 138 Å². The van der Waals surface area contributed by atoms with Gasteiger partial charge in [0.2, 0.25) is 5.91 Å². The number of hydrogen-bond acceptors (Lipinski definition) is 4. The van der Waals surface area contributed by atoms with Gasteiger partial charge < -0.3 is 15.2 Å². The van der Waals surface area contributed by atoms with E-state index >= 15 is 0 Å². The molecule has 0 bridgehead atoms. The molecule has 24 heavy (non-hydrogen) atoms. The average molecular weight is 327 g/mol. The first-order chi connectivity index (χ1) is 11.5. The first-order valence-corrected chi connectivity index (χ1v) is 7.87. The number of nitrogens with zero attached hydrogens (tertiary/aromatic N) is 2. The number of hydrogen-bond donors (Lipinski definition) is 2. The van der Waals surface area contributed by atoms with Crippen molar-refractivity contribution >= 4 is 17.7 Å². The number of fused-ring (bicyclic) bond motifs is 2. The zero-order chi connectivity index (χ0) is 16.8. The third kappa shape index (κ3) is 2.33. The Bertz CT molecular complexity index is 856. The molecule has 2 aliphatic rings. The minimum absolute atomic E-state index is 0.123. The van der Waals surface area contributed by atoms with Gasteiger partial charge in [-0.1, -0.05) is 12.1 Å². The van der Waals surface area contributed by atoms with E-state index in [0.29, 0.717) is 18.8 Å². The molecule has 0 aliphatic carbocycles. The molecule has 3 heterocycles. The number of anilines is 1. The van der Waals surface area contributed by atoms with Gasteiger partial charge in [0, 0.05) is 24.3 Å². The second-order valence-corrected chi connectivity index (χ2v) is 6.17. The molecular formula is C17H17N3O4. The lowest BCUT2D eigenvalue weighted by Gasteiger charge is -2.24. The zero-order valence-electron chi connectivity index (χ0n) is 13.2. The SMILES string of the molecule is Cc1nn(CC(=O)O)c2c1C(c1ccc3c(c1)CCO3)CC(=O)N2. The smallest absolute Gasteiger partial charge is 0.325 e. The Kier molecular flexibility index (Phi) is 3.30. The number of amides is 1. The van der Waals surface area contributed by atoms with Crippen molar-refractivity contribution in [2.24, 2.45) is 0 Å². The molecule has 1 aromatic carbocycles. The molecule has 124 valence electrons. The van der Waals surface area contributed by atoms with Crippen LogP contribution in [0.3, 0.4) is 0 Å². The lowest BCUT2D eigenvalue weighted by atomic mass is 9.85. The van der Waals surface area contributed by atoms with Crippen LogP contribution in [0.5, 0.6) is 5.75 Å². The van der Waals surface area contributed by atoms with Crippen molar-refractivity contribution in [1.82, 2.24) is 9.78 Å². The van der Waals surface area contributed by atoms with Gasteiger partial charge in [-0.15, -0.1) is 0 Å². The molecule has 7 nitrogen and oxygen atoms in total. The maximum atomic E-state index is 12.2. The standard InChI is InChI=1S/C17H17N3O4/c1-9-16-12(10-2-3-13-11(6-10)4-5-24-13)7-14(21)18-17(16)20(19-9)8-15(22)23/h2-3,6,12H,4-5,7-8H2,1H3,(H,18,21)(H,22,23). The molecule has 0 radical (unpaired) electrons. The van der Waals surface area contributed by atoms with Gasteiger partial charge in [-0.3, -0.25) is 9.59 Å². The normalized spacial score (nSPS) is 18.5. The average Bonchev–Trinajstić information content (AvgIpc) is 3.10. The number of carboxylic acids is 1. The number of carboxylic acid groups (broad SMARTS) is 1. The Hall–Kier alpha value is -2.83. The fourth-order valence-electron chi connectivity index (χ4n) is 3.57. The van der Waals surface area contributed by atoms with Crippen LogP contribution in [0.15, 0.2) is 18.2 Å². The van der Waals surface area contributed by atoms with E-state index in [1.807, 2.05) is 19.1 Å². The van der Waals surface area contributed by atoms with Crippen LogP contribution in [0.4, 0.5) is 5.82 Å². The van der Waals surface area contributed by atoms with Crippen LogP contribution in [-0.4, -0.2) is 33.4 Å². The van der Waals surface area contributed by atoms with Gasteiger partial charge in [-0.25, -0.2) is 4.68 Å². The largest absolute Gasteiger partial charge is 0.493 e. The van der Waals surface area contributed by atoms with Crippen LogP contribution in [0.1, 0.15) is 34.7 Å². The lowest BCUT2D eigenvalue weighted by Crippen LogP contribution is -2.26. The van der Waals surface area contributed by atoms with Crippen LogP contribution in [0.25, 0.3) is 0 Å². The van der Waals surface area contributed by atoms with Crippen molar-refractivity contribution in [2.45, 2.75) is 32.2 Å². The number of ether oxygens (including phenoxy) is 1. The first-order valence-electron chi connectivity index (χ1n) is 7.87. The van der Waals surface area contributed by atoms with Gasteiger partial charge in [0.1, 0.15) is 18.1 Å². The maximum Gasteiger partial charge on any atom is 0.325 e. The van der Waals surface area contributed by atoms with Crippen molar-refractivity contribution in [1.29, 1.82) is 0 Å². The van der Waals surface area contributed by atoms with Crippen molar-refractivity contribution in [3.8, 4) is 5.75 Å². The molecule has 0 saturated heterocycles. The molecule has 2 aliphatic heterocycles.